The van der Waals surface area contributed by atoms with Crippen molar-refractivity contribution in [1.29, 1.82) is 0 Å². The van der Waals surface area contributed by atoms with E-state index in [4.69, 9.17) is 5.73 Å². The van der Waals surface area contributed by atoms with Gasteiger partial charge in [0.05, 0.1) is 5.69 Å². The Morgan fingerprint density at radius 3 is 2.45 bits per heavy atom. The molecule has 2 atom stereocenters. The molecule has 7 heteroatoms. The van der Waals surface area contributed by atoms with E-state index in [1.165, 1.54) is 6.07 Å². The Kier molecular flexibility index (Phi) is 12.2. The third-order valence-electron chi connectivity index (χ3n) is 3.44. The van der Waals surface area contributed by atoms with Gasteiger partial charge in [0.1, 0.15) is 5.82 Å². The number of para-hydroxylation sites is 1. The van der Waals surface area contributed by atoms with Crippen molar-refractivity contribution < 1.29 is 9.18 Å². The molecular formula is C15H26Cl2FN3O. The third-order valence-corrected chi connectivity index (χ3v) is 3.44. The molecule has 0 aromatic heterocycles. The zero-order valence-corrected chi connectivity index (χ0v) is 14.8. The summed E-state index contributed by atoms with van der Waals surface area (Å²) in [4.78, 5) is 13.5. The van der Waals surface area contributed by atoms with Crippen molar-refractivity contribution in [1.82, 2.24) is 5.32 Å². The summed E-state index contributed by atoms with van der Waals surface area (Å²) in [5.41, 5.74) is 6.24. The van der Waals surface area contributed by atoms with Crippen LogP contribution in [0.15, 0.2) is 24.3 Å². The Morgan fingerprint density at radius 2 is 1.91 bits per heavy atom. The summed E-state index contributed by atoms with van der Waals surface area (Å²) < 4.78 is 13.5. The fourth-order valence-corrected chi connectivity index (χ4v) is 1.81. The topological polar surface area (TPSA) is 58.4 Å². The molecule has 0 bridgehead atoms. The molecule has 1 amide bonds. The number of amides is 1. The second-order valence-corrected chi connectivity index (χ2v) is 5.17. The van der Waals surface area contributed by atoms with Crippen molar-refractivity contribution in [3.63, 3.8) is 0 Å². The molecule has 0 aliphatic rings. The van der Waals surface area contributed by atoms with Crippen LogP contribution in [0.2, 0.25) is 0 Å². The van der Waals surface area contributed by atoms with Crippen molar-refractivity contribution >= 4 is 36.4 Å². The van der Waals surface area contributed by atoms with E-state index in [0.717, 1.165) is 6.42 Å². The number of carbonyl (C=O) groups excluding carboxylic acids is 1. The molecule has 2 unspecified atom stereocenters. The van der Waals surface area contributed by atoms with Crippen molar-refractivity contribution in [2.24, 2.45) is 11.7 Å². The minimum atomic E-state index is -0.232. The third kappa shape index (κ3) is 7.29. The number of hydrogen-bond donors (Lipinski definition) is 2. The zero-order chi connectivity index (χ0) is 15.1. The minimum absolute atomic E-state index is 0. The van der Waals surface area contributed by atoms with E-state index in [9.17, 15) is 9.18 Å². The second kappa shape index (κ2) is 11.5. The van der Waals surface area contributed by atoms with Crippen LogP contribution in [0, 0.1) is 11.7 Å². The van der Waals surface area contributed by atoms with Gasteiger partial charge in [-0.25, -0.2) is 4.39 Å². The summed E-state index contributed by atoms with van der Waals surface area (Å²) in [6.45, 7) is 4.87. The molecule has 0 spiro atoms. The number of anilines is 1. The van der Waals surface area contributed by atoms with Gasteiger partial charge in [-0.1, -0.05) is 19.1 Å². The van der Waals surface area contributed by atoms with Crippen molar-refractivity contribution in [3.05, 3.63) is 30.1 Å². The molecule has 128 valence electrons. The highest BCUT2D eigenvalue weighted by Gasteiger charge is 2.16. The molecular weight excluding hydrogens is 328 g/mol. The fraction of sp³-hybridized carbons (Fsp3) is 0.533. The van der Waals surface area contributed by atoms with Gasteiger partial charge in [-0.15, -0.1) is 24.8 Å². The number of benzene rings is 1. The van der Waals surface area contributed by atoms with Gasteiger partial charge < -0.3 is 16.0 Å². The molecule has 1 aromatic carbocycles. The maximum Gasteiger partial charge on any atom is 0.224 e. The monoisotopic (exact) mass is 353 g/mol. The Bertz CT molecular complexity index is 447. The van der Waals surface area contributed by atoms with E-state index >= 15 is 0 Å². The molecule has 4 nitrogen and oxygen atoms in total. The first-order valence-electron chi connectivity index (χ1n) is 6.92. The summed E-state index contributed by atoms with van der Waals surface area (Å²) in [7, 11) is 1.84. The summed E-state index contributed by atoms with van der Waals surface area (Å²) in [5.74, 6) is -0.461. The summed E-state index contributed by atoms with van der Waals surface area (Å²) in [5, 5.41) is 2.85. The van der Waals surface area contributed by atoms with Crippen LogP contribution < -0.4 is 16.0 Å². The molecule has 0 saturated heterocycles. The van der Waals surface area contributed by atoms with E-state index in [1.807, 2.05) is 25.8 Å². The SMILES string of the molecule is CC(N)C(C)C(=O)NCCCN(C)c1ccccc1F.Cl.Cl. The van der Waals surface area contributed by atoms with Gasteiger partial charge in [0.15, 0.2) is 0 Å². The van der Waals surface area contributed by atoms with E-state index in [-0.39, 0.29) is 48.5 Å². The second-order valence-electron chi connectivity index (χ2n) is 5.17. The van der Waals surface area contributed by atoms with Crippen LogP contribution in [0.3, 0.4) is 0 Å². The quantitative estimate of drug-likeness (QED) is 0.740. The minimum Gasteiger partial charge on any atom is -0.372 e. The zero-order valence-electron chi connectivity index (χ0n) is 13.2. The predicted molar refractivity (Wildman–Crippen MR) is 94.6 cm³/mol. The maximum atomic E-state index is 13.5. The molecule has 0 saturated carbocycles. The van der Waals surface area contributed by atoms with Crippen LogP contribution in [0.25, 0.3) is 0 Å². The number of hydrogen-bond acceptors (Lipinski definition) is 3. The molecule has 0 radical (unpaired) electrons. The normalized spacial score (nSPS) is 12.4. The Labute approximate surface area is 144 Å². The van der Waals surface area contributed by atoms with E-state index in [0.29, 0.717) is 18.8 Å². The van der Waals surface area contributed by atoms with E-state index in [2.05, 4.69) is 5.32 Å². The first kappa shape index (κ1) is 23.2. The highest BCUT2D eigenvalue weighted by atomic mass is 35.5. The largest absolute Gasteiger partial charge is 0.372 e. The predicted octanol–water partition coefficient (Wildman–Crippen LogP) is 2.60. The summed E-state index contributed by atoms with van der Waals surface area (Å²) >= 11 is 0. The van der Waals surface area contributed by atoms with Gasteiger partial charge in [0.2, 0.25) is 5.91 Å². The van der Waals surface area contributed by atoms with E-state index in [1.54, 1.807) is 18.2 Å². The molecule has 1 aromatic rings. The highest BCUT2D eigenvalue weighted by molar-refractivity contribution is 5.85. The fourth-order valence-electron chi connectivity index (χ4n) is 1.81. The lowest BCUT2D eigenvalue weighted by Gasteiger charge is -2.20. The Balaban J connectivity index is 0. The van der Waals surface area contributed by atoms with Gasteiger partial charge >= 0.3 is 0 Å². The average molecular weight is 354 g/mol. The summed E-state index contributed by atoms with van der Waals surface area (Å²) in [6.07, 6.45) is 0.752. The van der Waals surface area contributed by atoms with E-state index < -0.39 is 0 Å². The number of nitrogens with two attached hydrogens (primary N) is 1. The maximum absolute atomic E-state index is 13.5. The van der Waals surface area contributed by atoms with Crippen LogP contribution in [0.4, 0.5) is 10.1 Å². The van der Waals surface area contributed by atoms with Crippen LogP contribution in [0.5, 0.6) is 0 Å². The molecule has 22 heavy (non-hydrogen) atoms. The van der Waals surface area contributed by atoms with Gasteiger partial charge in [-0.3, -0.25) is 4.79 Å². The molecule has 1 rings (SSSR count). The molecule has 0 aliphatic carbocycles. The number of carbonyl (C=O) groups is 1. The smallest absolute Gasteiger partial charge is 0.224 e. The average Bonchev–Trinajstić information content (AvgIpc) is 2.42. The van der Waals surface area contributed by atoms with Crippen LogP contribution in [-0.4, -0.2) is 32.1 Å². The molecule has 0 heterocycles. The lowest BCUT2D eigenvalue weighted by atomic mass is 10.0. The van der Waals surface area contributed by atoms with Crippen molar-refractivity contribution in [3.8, 4) is 0 Å². The highest BCUT2D eigenvalue weighted by Crippen LogP contribution is 2.16. The van der Waals surface area contributed by atoms with Crippen LogP contribution in [-0.2, 0) is 4.79 Å². The first-order chi connectivity index (χ1) is 9.43. The van der Waals surface area contributed by atoms with Crippen LogP contribution in [0.1, 0.15) is 20.3 Å². The van der Waals surface area contributed by atoms with Gasteiger partial charge in [-0.2, -0.15) is 0 Å². The standard InChI is InChI=1S/C15H24FN3O.2ClH/c1-11(12(2)17)15(20)18-9-6-10-19(3)14-8-5-4-7-13(14)16;;/h4-5,7-8,11-12H,6,9-10,17H2,1-3H3,(H,18,20);2*1H. The molecule has 0 fully saturated rings. The first-order valence-corrected chi connectivity index (χ1v) is 6.92. The molecule has 3 N–H and O–H groups in total. The van der Waals surface area contributed by atoms with Crippen molar-refractivity contribution in [2.45, 2.75) is 26.3 Å². The van der Waals surface area contributed by atoms with Gasteiger partial charge in [0, 0.05) is 32.1 Å². The lowest BCUT2D eigenvalue weighted by Crippen LogP contribution is -2.39. The Hall–Kier alpha value is -1.04. The van der Waals surface area contributed by atoms with Crippen molar-refractivity contribution in [2.75, 3.05) is 25.0 Å². The van der Waals surface area contributed by atoms with Crippen LogP contribution >= 0.6 is 24.8 Å². The number of halogens is 3. The Morgan fingerprint density at radius 1 is 1.32 bits per heavy atom. The molecule has 0 aliphatic heterocycles. The number of nitrogens with one attached hydrogen (secondary N) is 1. The summed E-state index contributed by atoms with van der Waals surface area (Å²) in [6, 6.07) is 6.50. The van der Waals surface area contributed by atoms with Gasteiger partial charge in [-0.05, 0) is 25.5 Å². The number of rotatable bonds is 7. The number of nitrogens with zero attached hydrogens (tertiary/aromatic N) is 1. The van der Waals surface area contributed by atoms with Gasteiger partial charge in [0.25, 0.3) is 0 Å². The lowest BCUT2D eigenvalue weighted by molar-refractivity contribution is -0.124.